The van der Waals surface area contributed by atoms with E-state index in [0.29, 0.717) is 38.8 Å². The van der Waals surface area contributed by atoms with Crippen LogP contribution in [0, 0.1) is 11.8 Å². The predicted octanol–water partition coefficient (Wildman–Crippen LogP) is 4.56. The predicted molar refractivity (Wildman–Crippen MR) is 129 cm³/mol. The van der Waals surface area contributed by atoms with Crippen LogP contribution in [0.4, 0.5) is 9.59 Å². The summed E-state index contributed by atoms with van der Waals surface area (Å²) in [6.45, 7) is 10.6. The van der Waals surface area contributed by atoms with E-state index in [9.17, 15) is 14.4 Å². The Kier molecular flexibility index (Phi) is 10.2. The molecule has 2 atom stereocenters. The van der Waals surface area contributed by atoms with E-state index in [1.165, 1.54) is 7.11 Å². The van der Waals surface area contributed by atoms with Crippen LogP contribution in [0.1, 0.15) is 59.4 Å². The third-order valence-electron chi connectivity index (χ3n) is 5.74. The summed E-state index contributed by atoms with van der Waals surface area (Å²) in [5.41, 5.74) is 0.513. The van der Waals surface area contributed by atoms with Crippen molar-refractivity contribution in [2.24, 2.45) is 11.8 Å². The van der Waals surface area contributed by atoms with E-state index in [4.69, 9.17) is 14.2 Å². The molecule has 8 heteroatoms. The van der Waals surface area contributed by atoms with Gasteiger partial charge in [0.05, 0.1) is 7.11 Å². The number of ether oxygens (including phenoxy) is 3. The summed E-state index contributed by atoms with van der Waals surface area (Å²) < 4.78 is 16.2. The molecule has 0 spiro atoms. The molecule has 190 valence electrons. The van der Waals surface area contributed by atoms with Crippen LogP contribution in [0.3, 0.4) is 0 Å². The summed E-state index contributed by atoms with van der Waals surface area (Å²) in [5.74, 6) is -0.219. The Hall–Kier alpha value is -2.77. The van der Waals surface area contributed by atoms with Gasteiger partial charge in [0.15, 0.2) is 0 Å². The zero-order valence-corrected chi connectivity index (χ0v) is 21.3. The normalized spacial score (nSPS) is 16.5. The van der Waals surface area contributed by atoms with E-state index in [1.54, 1.807) is 4.90 Å². The molecule has 8 nitrogen and oxygen atoms in total. The molecule has 1 aliphatic heterocycles. The topological polar surface area (TPSA) is 94.2 Å². The Morgan fingerprint density at radius 2 is 1.71 bits per heavy atom. The van der Waals surface area contributed by atoms with Gasteiger partial charge < -0.3 is 24.4 Å². The largest absolute Gasteiger partial charge is 0.467 e. The van der Waals surface area contributed by atoms with Crippen molar-refractivity contribution in [3.63, 3.8) is 0 Å². The number of hydrogen-bond donors (Lipinski definition) is 1. The highest BCUT2D eigenvalue weighted by Gasteiger charge is 2.33. The second-order valence-electron chi connectivity index (χ2n) is 10.3. The number of amides is 2. The maximum absolute atomic E-state index is 12.8. The highest BCUT2D eigenvalue weighted by molar-refractivity contribution is 5.81. The molecule has 1 aromatic rings. The van der Waals surface area contributed by atoms with E-state index in [2.05, 4.69) is 5.32 Å². The Labute approximate surface area is 203 Å². The van der Waals surface area contributed by atoms with Crippen molar-refractivity contribution in [2.45, 2.75) is 78.0 Å². The Balaban J connectivity index is 2.06. The van der Waals surface area contributed by atoms with Crippen molar-refractivity contribution in [2.75, 3.05) is 20.2 Å². The number of rotatable bonds is 8. The third-order valence-corrected chi connectivity index (χ3v) is 5.74. The van der Waals surface area contributed by atoms with Crippen molar-refractivity contribution in [1.29, 1.82) is 0 Å². The Morgan fingerprint density at radius 3 is 2.24 bits per heavy atom. The number of carbonyl (C=O) groups is 3. The van der Waals surface area contributed by atoms with E-state index in [0.717, 1.165) is 5.56 Å². The molecule has 0 aromatic heterocycles. The van der Waals surface area contributed by atoms with Gasteiger partial charge >= 0.3 is 18.2 Å². The summed E-state index contributed by atoms with van der Waals surface area (Å²) in [6.07, 6.45) is 1.05. The number of nitrogens with one attached hydrogen (secondary N) is 1. The second-order valence-corrected chi connectivity index (χ2v) is 10.3. The summed E-state index contributed by atoms with van der Waals surface area (Å²) in [7, 11) is 1.30. The molecule has 1 aromatic carbocycles. The van der Waals surface area contributed by atoms with Crippen LogP contribution in [-0.2, 0) is 25.4 Å². The van der Waals surface area contributed by atoms with E-state index in [1.807, 2.05) is 65.0 Å². The summed E-state index contributed by atoms with van der Waals surface area (Å²) in [5, 5.41) is 2.69. The lowest BCUT2D eigenvalue weighted by molar-refractivity contribution is -0.143. The van der Waals surface area contributed by atoms with Gasteiger partial charge in [-0.05, 0) is 57.4 Å². The first-order valence-corrected chi connectivity index (χ1v) is 12.0. The number of likely N-dealkylation sites (tertiary alicyclic amines) is 1. The van der Waals surface area contributed by atoms with E-state index in [-0.39, 0.29) is 24.0 Å². The van der Waals surface area contributed by atoms with Gasteiger partial charge in [-0.2, -0.15) is 0 Å². The van der Waals surface area contributed by atoms with Crippen molar-refractivity contribution in [3.8, 4) is 0 Å². The maximum atomic E-state index is 12.8. The molecule has 34 heavy (non-hydrogen) atoms. The fraction of sp³-hybridized carbons (Fsp3) is 0.654. The zero-order valence-electron chi connectivity index (χ0n) is 21.3. The number of carbonyl (C=O) groups excluding carboxylic acids is 3. The van der Waals surface area contributed by atoms with Gasteiger partial charge in [-0.3, -0.25) is 0 Å². The van der Waals surface area contributed by atoms with Gasteiger partial charge in [0.25, 0.3) is 0 Å². The number of piperidine rings is 1. The third kappa shape index (κ3) is 9.23. The molecule has 1 aliphatic rings. The van der Waals surface area contributed by atoms with E-state index >= 15 is 0 Å². The minimum absolute atomic E-state index is 0.0753. The quantitative estimate of drug-likeness (QED) is 0.437. The van der Waals surface area contributed by atoms with E-state index < -0.39 is 23.7 Å². The molecule has 2 amide bonds. The molecule has 0 aliphatic carbocycles. The molecule has 2 rings (SSSR count). The van der Waals surface area contributed by atoms with Crippen LogP contribution in [0.25, 0.3) is 0 Å². The number of alkyl carbamates (subject to hydrolysis) is 1. The minimum Gasteiger partial charge on any atom is -0.467 e. The van der Waals surface area contributed by atoms with Crippen molar-refractivity contribution in [3.05, 3.63) is 35.9 Å². The highest BCUT2D eigenvalue weighted by atomic mass is 16.6. The fourth-order valence-electron chi connectivity index (χ4n) is 4.07. The lowest BCUT2D eigenvalue weighted by Gasteiger charge is -2.36. The van der Waals surface area contributed by atoms with Crippen LogP contribution >= 0.6 is 0 Å². The average molecular weight is 477 g/mol. The van der Waals surface area contributed by atoms with Gasteiger partial charge in [0.1, 0.15) is 17.7 Å². The molecule has 1 N–H and O–H groups in total. The zero-order chi connectivity index (χ0) is 25.3. The lowest BCUT2D eigenvalue weighted by atomic mass is 9.88. The van der Waals surface area contributed by atoms with Crippen molar-refractivity contribution in [1.82, 2.24) is 10.2 Å². The molecular formula is C26H40N2O6. The van der Waals surface area contributed by atoms with Gasteiger partial charge in [-0.25, -0.2) is 14.4 Å². The Morgan fingerprint density at radius 1 is 1.09 bits per heavy atom. The second kappa shape index (κ2) is 12.6. The van der Waals surface area contributed by atoms with Gasteiger partial charge in [0, 0.05) is 19.5 Å². The van der Waals surface area contributed by atoms with Gasteiger partial charge in [0.2, 0.25) is 0 Å². The standard InChI is InChI=1S/C26H40N2O6/c1-18(2)16-21(23(29)32-6)27-24(30)33-22(17-19-10-8-7-9-11-19)20-12-14-28(15-13-20)25(31)34-26(3,4)5/h7-11,18,20-22H,12-17H2,1-6H3,(H,27,30). The highest BCUT2D eigenvalue weighted by Crippen LogP contribution is 2.27. The molecule has 1 fully saturated rings. The van der Waals surface area contributed by atoms with Crippen molar-refractivity contribution >= 4 is 18.2 Å². The van der Waals surface area contributed by atoms with Crippen LogP contribution in [-0.4, -0.2) is 61.0 Å². The molecule has 0 saturated carbocycles. The fourth-order valence-corrected chi connectivity index (χ4v) is 4.07. The SMILES string of the molecule is COC(=O)C(CC(C)C)NC(=O)OC(Cc1ccccc1)C1CCN(C(=O)OC(C)(C)C)CC1. The lowest BCUT2D eigenvalue weighted by Crippen LogP contribution is -2.47. The summed E-state index contributed by atoms with van der Waals surface area (Å²) in [6, 6.07) is 9.09. The molecular weight excluding hydrogens is 436 g/mol. The molecule has 0 radical (unpaired) electrons. The van der Waals surface area contributed by atoms with Gasteiger partial charge in [-0.15, -0.1) is 0 Å². The van der Waals surface area contributed by atoms with Crippen molar-refractivity contribution < 1.29 is 28.6 Å². The first-order valence-electron chi connectivity index (χ1n) is 12.0. The molecule has 2 unspecified atom stereocenters. The average Bonchev–Trinajstić information content (AvgIpc) is 2.77. The summed E-state index contributed by atoms with van der Waals surface area (Å²) in [4.78, 5) is 39.1. The Bertz CT molecular complexity index is 797. The smallest absolute Gasteiger partial charge is 0.410 e. The minimum atomic E-state index is -0.760. The molecule has 1 saturated heterocycles. The monoisotopic (exact) mass is 476 g/mol. The molecule has 0 bridgehead atoms. The number of esters is 1. The summed E-state index contributed by atoms with van der Waals surface area (Å²) >= 11 is 0. The number of benzene rings is 1. The molecule has 1 heterocycles. The van der Waals surface area contributed by atoms with Gasteiger partial charge in [-0.1, -0.05) is 44.2 Å². The first-order chi connectivity index (χ1) is 16.0. The maximum Gasteiger partial charge on any atom is 0.410 e. The number of nitrogens with zero attached hydrogens (tertiary/aromatic N) is 1. The number of methoxy groups -OCH3 is 1. The number of hydrogen-bond acceptors (Lipinski definition) is 6. The van der Waals surface area contributed by atoms with Crippen LogP contribution < -0.4 is 5.32 Å². The first kappa shape index (κ1) is 27.5. The van der Waals surface area contributed by atoms with Crippen LogP contribution in [0.5, 0.6) is 0 Å². The van der Waals surface area contributed by atoms with Crippen LogP contribution in [0.2, 0.25) is 0 Å². The van der Waals surface area contributed by atoms with Crippen LogP contribution in [0.15, 0.2) is 30.3 Å².